The molecule has 2 unspecified atom stereocenters. The lowest BCUT2D eigenvalue weighted by atomic mass is 9.99. The average Bonchev–Trinajstić information content (AvgIpc) is 4.15. The molecule has 1 saturated heterocycles. The number of hydrogen-bond acceptors (Lipinski definition) is 13. The van der Waals surface area contributed by atoms with Gasteiger partial charge in [-0.3, -0.25) is 23.9 Å². The third-order valence-corrected chi connectivity index (χ3v) is 16.5. The second-order valence-corrected chi connectivity index (χ2v) is 22.2. The monoisotopic (exact) mass is 1040 g/mol. The van der Waals surface area contributed by atoms with Gasteiger partial charge in [0.1, 0.15) is 33.7 Å². The van der Waals surface area contributed by atoms with Gasteiger partial charge in [-0.2, -0.15) is 0 Å². The van der Waals surface area contributed by atoms with Crippen LogP contribution in [0.5, 0.6) is 0 Å². The number of likely N-dealkylation sites (N-methyl/N-ethyl adjacent to an activating group) is 1. The molecule has 15 nitrogen and oxygen atoms in total. The average molecular weight is 1050 g/mol. The minimum absolute atomic E-state index is 0.0204. The molecule has 7 aromatic rings. The van der Waals surface area contributed by atoms with Crippen molar-refractivity contribution in [2.45, 2.75) is 79.3 Å². The highest BCUT2D eigenvalue weighted by atomic mass is 35.5. The Hall–Kier alpha value is -5.82. The van der Waals surface area contributed by atoms with Crippen molar-refractivity contribution in [3.8, 4) is 10.0 Å². The molecule has 0 aliphatic carbocycles. The van der Waals surface area contributed by atoms with Gasteiger partial charge in [0.25, 0.3) is 0 Å². The van der Waals surface area contributed by atoms with Crippen LogP contribution in [-0.2, 0) is 18.3 Å². The van der Waals surface area contributed by atoms with Crippen LogP contribution in [0.2, 0.25) is 10.0 Å². The van der Waals surface area contributed by atoms with E-state index < -0.39 is 6.04 Å². The van der Waals surface area contributed by atoms with Crippen LogP contribution in [0.15, 0.2) is 83.3 Å². The highest BCUT2D eigenvalue weighted by Crippen LogP contribution is 2.41. The maximum atomic E-state index is 13.1. The van der Waals surface area contributed by atoms with E-state index in [-0.39, 0.29) is 18.4 Å². The summed E-state index contributed by atoms with van der Waals surface area (Å²) in [4.78, 5) is 35.3. The first-order chi connectivity index (χ1) is 34.6. The van der Waals surface area contributed by atoms with E-state index in [4.69, 9.17) is 33.2 Å². The van der Waals surface area contributed by atoms with Crippen molar-refractivity contribution in [1.29, 1.82) is 0 Å². The number of nitrogens with one attached hydrogen (secondary N) is 2. The van der Waals surface area contributed by atoms with Gasteiger partial charge in [-0.25, -0.2) is 4.98 Å². The number of amides is 1. The van der Waals surface area contributed by atoms with E-state index in [9.17, 15) is 4.79 Å². The van der Waals surface area contributed by atoms with E-state index >= 15 is 0 Å². The Morgan fingerprint density at radius 3 is 1.71 bits per heavy atom. The van der Waals surface area contributed by atoms with E-state index in [1.165, 1.54) is 20.9 Å². The lowest BCUT2D eigenvalue weighted by molar-refractivity contribution is -0.121. The topological polar surface area (TPSA) is 152 Å². The van der Waals surface area contributed by atoms with Crippen LogP contribution in [0.3, 0.4) is 0 Å². The number of carbonyl (C=O) groups is 1. The minimum Gasteiger partial charge on any atom is -0.388 e. The summed E-state index contributed by atoms with van der Waals surface area (Å²) in [5.41, 5.74) is 10.4. The zero-order chi connectivity index (χ0) is 50.8. The number of nitrogens with zero attached hydrogens (tertiary/aromatic N) is 12. The third kappa shape index (κ3) is 11.1. The van der Waals surface area contributed by atoms with Crippen LogP contribution >= 0.6 is 45.9 Å². The quantitative estimate of drug-likeness (QED) is 0.102. The number of piperazine rings is 1. The first-order valence-corrected chi connectivity index (χ1v) is 26.8. The largest absolute Gasteiger partial charge is 0.388 e. The number of imidazole rings is 1. The molecule has 3 aliphatic rings. The number of halogens is 2. The number of carbonyl (C=O) groups excluding carboxylic acids is 1. The van der Waals surface area contributed by atoms with Crippen LogP contribution in [0.1, 0.15) is 103 Å². The van der Waals surface area contributed by atoms with Crippen LogP contribution in [-0.4, -0.2) is 119 Å². The first kappa shape index (κ1) is 51.1. The smallest absolute Gasteiger partial charge is 0.222 e. The van der Waals surface area contributed by atoms with Crippen molar-refractivity contribution in [3.63, 3.8) is 0 Å². The summed E-state index contributed by atoms with van der Waals surface area (Å²) in [5, 5.41) is 28.0. The van der Waals surface area contributed by atoms with Crippen LogP contribution in [0.25, 0.3) is 10.0 Å². The van der Waals surface area contributed by atoms with Gasteiger partial charge < -0.3 is 25.0 Å². The highest BCUT2D eigenvalue weighted by Gasteiger charge is 2.34. The van der Waals surface area contributed by atoms with Crippen molar-refractivity contribution in [1.82, 2.24) is 59.5 Å². The summed E-state index contributed by atoms with van der Waals surface area (Å²) in [7, 11) is 4.14. The molecule has 2 N–H and O–H groups in total. The molecule has 0 spiro atoms. The molecule has 0 saturated carbocycles. The van der Waals surface area contributed by atoms with Gasteiger partial charge in [0.2, 0.25) is 5.91 Å². The van der Waals surface area contributed by atoms with Crippen molar-refractivity contribution < 1.29 is 4.79 Å². The Morgan fingerprint density at radius 1 is 0.694 bits per heavy atom. The lowest BCUT2D eigenvalue weighted by Gasteiger charge is -2.32. The minimum atomic E-state index is -0.441. The van der Waals surface area contributed by atoms with Gasteiger partial charge >= 0.3 is 0 Å². The second kappa shape index (κ2) is 22.1. The van der Waals surface area contributed by atoms with E-state index in [2.05, 4.69) is 96.3 Å². The first-order valence-electron chi connectivity index (χ1n) is 24.4. The maximum Gasteiger partial charge on any atom is 0.222 e. The lowest BCUT2D eigenvalue weighted by Crippen LogP contribution is -2.45. The number of aromatic nitrogens is 8. The van der Waals surface area contributed by atoms with Gasteiger partial charge in [0.05, 0.1) is 29.9 Å². The van der Waals surface area contributed by atoms with Gasteiger partial charge in [-0.05, 0) is 96.9 Å². The summed E-state index contributed by atoms with van der Waals surface area (Å²) in [6.45, 7) is 23.6. The molecule has 2 aromatic carbocycles. The fourth-order valence-corrected chi connectivity index (χ4v) is 12.1. The zero-order valence-electron chi connectivity index (χ0n) is 42.3. The van der Waals surface area contributed by atoms with Gasteiger partial charge in [0, 0.05) is 113 Å². The van der Waals surface area contributed by atoms with E-state index in [1.807, 2.05) is 86.5 Å². The third-order valence-electron chi connectivity index (χ3n) is 13.6. The van der Waals surface area contributed by atoms with E-state index in [0.29, 0.717) is 28.8 Å². The normalized spacial score (nSPS) is 16.5. The Bertz CT molecular complexity index is 3150. The number of aryl methyl sites for hydroxylation is 5. The summed E-state index contributed by atoms with van der Waals surface area (Å²) in [6, 6.07) is 15.0. The van der Waals surface area contributed by atoms with Crippen molar-refractivity contribution in [2.75, 3.05) is 52.9 Å². The number of hydrogen-bond donors (Lipinski definition) is 2. The second-order valence-electron chi connectivity index (χ2n) is 18.9. The van der Waals surface area contributed by atoms with Gasteiger partial charge in [0.15, 0.2) is 11.6 Å². The maximum absolute atomic E-state index is 13.1. The molecular weight excluding hydrogens is 984 g/mol. The summed E-state index contributed by atoms with van der Waals surface area (Å²) in [6.07, 6.45) is 6.45. The molecule has 72 heavy (non-hydrogen) atoms. The SMILES string of the molecule is C=C(CC1N=C(c2ccc(Cl)cc2)c2c(sc(C)c2C)-n2c(C)nnc21)NCCc1cn(C)cn1.Cc1sc2c(c1C)C(c1ccc(Cl)cc1)=NC(CC(=O)NCCCN1CCN(C)CC1)c1nnc(C)n1-2. The molecule has 0 bridgehead atoms. The molecule has 5 aromatic heterocycles. The van der Waals surface area contributed by atoms with Crippen LogP contribution in [0.4, 0.5) is 0 Å². The number of thiophene rings is 2. The Balaban J connectivity index is 0.000000178. The molecular formula is C53H62Cl2N14OS2. The Labute approximate surface area is 439 Å². The molecule has 1 fully saturated rings. The van der Waals surface area contributed by atoms with E-state index in [0.717, 1.165) is 125 Å². The Morgan fingerprint density at radius 2 is 1.21 bits per heavy atom. The van der Waals surface area contributed by atoms with Crippen molar-refractivity contribution >= 4 is 63.2 Å². The molecule has 1 amide bonds. The Kier molecular flexibility index (Phi) is 15.7. The van der Waals surface area contributed by atoms with Crippen LogP contribution < -0.4 is 10.6 Å². The molecule has 376 valence electrons. The standard InChI is InChI=1S/C27H34ClN7OS.C26H28ClN7S/c1-17-18(2)37-27-24(17)25(20-6-8-21(28)9-7-20)30-22(26-32-31-19(3)35(26)27)16-23(36)29-10-5-11-34-14-12-33(4)13-15-34;1-15(28-11-10-21-13-33(5)14-29-21)12-22-25-32-31-18(4)34(25)26-23(16(2)17(3)35-26)24(30-22)19-6-8-20(27)9-7-19/h6-9,22H,5,10-16H2,1-4H3,(H,29,36);6-9,13-14,22,28H,1,10-12H2,2-5H3. The predicted octanol–water partition coefficient (Wildman–Crippen LogP) is 9.21. The summed E-state index contributed by atoms with van der Waals surface area (Å²) >= 11 is 15.9. The van der Waals surface area contributed by atoms with Crippen molar-refractivity contribution in [2.24, 2.45) is 17.0 Å². The molecule has 3 aliphatic heterocycles. The fourth-order valence-electron chi connectivity index (χ4n) is 9.38. The molecule has 0 radical (unpaired) electrons. The number of aliphatic imine (C=N–C) groups is 2. The zero-order valence-corrected chi connectivity index (χ0v) is 45.4. The number of benzene rings is 2. The van der Waals surface area contributed by atoms with E-state index in [1.54, 1.807) is 22.7 Å². The molecule has 19 heteroatoms. The fraction of sp³-hybridized carbons (Fsp3) is 0.396. The summed E-state index contributed by atoms with van der Waals surface area (Å²) < 4.78 is 6.20. The molecule has 2 atom stereocenters. The highest BCUT2D eigenvalue weighted by molar-refractivity contribution is 7.15. The van der Waals surface area contributed by atoms with Gasteiger partial charge in [-0.1, -0.05) is 54.0 Å². The molecule has 10 rings (SSSR count). The van der Waals surface area contributed by atoms with Gasteiger partial charge in [-0.15, -0.1) is 43.1 Å². The summed E-state index contributed by atoms with van der Waals surface area (Å²) in [5.74, 6) is 3.17. The molecule has 8 heterocycles. The number of fused-ring (bicyclic) bond motifs is 6. The predicted molar refractivity (Wildman–Crippen MR) is 291 cm³/mol. The number of rotatable bonds is 14. The van der Waals surface area contributed by atoms with Crippen LogP contribution in [0, 0.1) is 41.5 Å². The van der Waals surface area contributed by atoms with Crippen molar-refractivity contribution in [3.05, 3.63) is 156 Å².